The van der Waals surface area contributed by atoms with Crippen molar-refractivity contribution >= 4 is 39.3 Å². The smallest absolute Gasteiger partial charge is 0.293 e. The second kappa shape index (κ2) is 8.58. The molecule has 1 aliphatic heterocycles. The Morgan fingerprint density at radius 3 is 2.70 bits per heavy atom. The first kappa shape index (κ1) is 21.0. The normalized spacial score (nSPS) is 13.9. The number of hydrogen-bond donors (Lipinski definition) is 1. The molecule has 1 amide bonds. The number of rotatable bonds is 5. The van der Waals surface area contributed by atoms with Gasteiger partial charge >= 0.3 is 0 Å². The number of aromatic nitrogens is 4. The Kier molecular flexibility index (Phi) is 5.47. The monoisotopic (exact) mass is 463 g/mol. The van der Waals surface area contributed by atoms with Gasteiger partial charge in [0, 0.05) is 36.0 Å². The van der Waals surface area contributed by atoms with Crippen LogP contribution in [0.25, 0.3) is 15.5 Å². The van der Waals surface area contributed by atoms with Crippen LogP contribution in [0.3, 0.4) is 0 Å². The molecule has 0 atom stereocenters. The lowest BCUT2D eigenvalue weighted by Crippen LogP contribution is -2.30. The molecule has 2 aromatic heterocycles. The number of hydrogen-bond acceptors (Lipinski definition) is 8. The van der Waals surface area contributed by atoms with Gasteiger partial charge in [-0.3, -0.25) is 14.9 Å². The van der Waals surface area contributed by atoms with Crippen molar-refractivity contribution in [3.05, 3.63) is 64.0 Å². The number of carbonyl (C=O) groups excluding carboxylic acids is 1. The molecule has 1 saturated heterocycles. The molecule has 0 radical (unpaired) electrons. The second-order valence-corrected chi connectivity index (χ2v) is 8.85. The molecule has 1 aliphatic rings. The van der Waals surface area contributed by atoms with Gasteiger partial charge < -0.3 is 10.2 Å². The lowest BCUT2D eigenvalue weighted by molar-refractivity contribution is -0.384. The molecule has 5 rings (SSSR count). The SMILES string of the molecule is Cc1nnc2sc(-c3cccc(NC(=O)c4ccc(N5CCCCC5)c([N+](=O)[O-])c4)c3)nn12. The number of nitrogens with zero attached hydrogens (tertiary/aromatic N) is 6. The van der Waals surface area contributed by atoms with E-state index in [9.17, 15) is 14.9 Å². The van der Waals surface area contributed by atoms with Gasteiger partial charge in [0.05, 0.1) is 4.92 Å². The third kappa shape index (κ3) is 4.14. The highest BCUT2D eigenvalue weighted by atomic mass is 32.1. The van der Waals surface area contributed by atoms with Crippen molar-refractivity contribution in [3.8, 4) is 10.6 Å². The summed E-state index contributed by atoms with van der Waals surface area (Å²) >= 11 is 1.40. The second-order valence-electron chi connectivity index (χ2n) is 7.89. The van der Waals surface area contributed by atoms with E-state index >= 15 is 0 Å². The number of piperidine rings is 1. The van der Waals surface area contributed by atoms with Crippen LogP contribution in [-0.4, -0.2) is 43.7 Å². The van der Waals surface area contributed by atoms with Gasteiger partial charge in [-0.2, -0.15) is 9.61 Å². The fraction of sp³-hybridized carbons (Fsp3) is 0.273. The number of anilines is 2. The molecule has 10 nitrogen and oxygen atoms in total. The molecular weight excluding hydrogens is 442 g/mol. The van der Waals surface area contributed by atoms with Crippen LogP contribution < -0.4 is 10.2 Å². The lowest BCUT2D eigenvalue weighted by Gasteiger charge is -2.28. The number of amides is 1. The molecule has 168 valence electrons. The highest BCUT2D eigenvalue weighted by molar-refractivity contribution is 7.19. The van der Waals surface area contributed by atoms with E-state index in [-0.39, 0.29) is 11.3 Å². The molecule has 0 spiro atoms. The standard InChI is InChI=1S/C22H21N7O3S/c1-14-24-25-22-28(14)26-21(33-22)16-6-5-7-17(12-16)23-20(30)15-8-9-18(19(13-15)29(31)32)27-10-3-2-4-11-27/h5-9,12-13H,2-4,10-11H2,1H3,(H,23,30). The number of carbonyl (C=O) groups is 1. The third-order valence-corrected chi connectivity index (χ3v) is 6.59. The average molecular weight is 464 g/mol. The molecule has 2 aromatic carbocycles. The summed E-state index contributed by atoms with van der Waals surface area (Å²) < 4.78 is 1.67. The Morgan fingerprint density at radius 2 is 1.94 bits per heavy atom. The van der Waals surface area contributed by atoms with Crippen molar-refractivity contribution in [2.24, 2.45) is 0 Å². The minimum absolute atomic E-state index is 0.0478. The molecule has 3 heterocycles. The zero-order valence-electron chi connectivity index (χ0n) is 17.9. The Labute approximate surface area is 193 Å². The van der Waals surface area contributed by atoms with E-state index in [0.717, 1.165) is 42.9 Å². The first-order chi connectivity index (χ1) is 16.0. The third-order valence-electron chi connectivity index (χ3n) is 5.65. The Morgan fingerprint density at radius 1 is 1.12 bits per heavy atom. The van der Waals surface area contributed by atoms with Crippen LogP contribution in [-0.2, 0) is 0 Å². The fourth-order valence-corrected chi connectivity index (χ4v) is 4.86. The minimum atomic E-state index is -0.420. The van der Waals surface area contributed by atoms with Crippen LogP contribution >= 0.6 is 11.3 Å². The maximum atomic E-state index is 12.9. The number of nitro groups is 1. The summed E-state index contributed by atoms with van der Waals surface area (Å²) in [5, 5.41) is 27.9. The van der Waals surface area contributed by atoms with E-state index < -0.39 is 10.8 Å². The molecule has 4 aromatic rings. The summed E-state index contributed by atoms with van der Waals surface area (Å²) in [5.41, 5.74) is 2.16. The summed E-state index contributed by atoms with van der Waals surface area (Å²) in [6, 6.07) is 12.0. The van der Waals surface area contributed by atoms with Crippen LogP contribution in [0.15, 0.2) is 42.5 Å². The number of aryl methyl sites for hydroxylation is 1. The molecule has 1 N–H and O–H groups in total. The summed E-state index contributed by atoms with van der Waals surface area (Å²) in [6.45, 7) is 3.41. The predicted molar refractivity (Wildman–Crippen MR) is 126 cm³/mol. The molecule has 33 heavy (non-hydrogen) atoms. The van der Waals surface area contributed by atoms with E-state index in [4.69, 9.17) is 0 Å². The Bertz CT molecular complexity index is 1360. The first-order valence-electron chi connectivity index (χ1n) is 10.6. The molecule has 0 bridgehead atoms. The minimum Gasteiger partial charge on any atom is -0.366 e. The van der Waals surface area contributed by atoms with E-state index in [1.165, 1.54) is 17.4 Å². The predicted octanol–water partition coefficient (Wildman–Crippen LogP) is 4.31. The average Bonchev–Trinajstić information content (AvgIpc) is 3.41. The van der Waals surface area contributed by atoms with E-state index in [0.29, 0.717) is 22.2 Å². The number of fused-ring (bicyclic) bond motifs is 1. The van der Waals surface area contributed by atoms with Crippen LogP contribution in [0.4, 0.5) is 17.1 Å². The van der Waals surface area contributed by atoms with Crippen LogP contribution in [0, 0.1) is 17.0 Å². The summed E-state index contributed by atoms with van der Waals surface area (Å²) in [4.78, 5) is 26.9. The van der Waals surface area contributed by atoms with Crippen molar-refractivity contribution < 1.29 is 9.72 Å². The Hall–Kier alpha value is -3.86. The Balaban J connectivity index is 1.38. The number of nitro benzene ring substituents is 1. The van der Waals surface area contributed by atoms with E-state index in [1.807, 2.05) is 30.0 Å². The lowest BCUT2D eigenvalue weighted by atomic mass is 10.1. The fourth-order valence-electron chi connectivity index (χ4n) is 3.98. The zero-order chi connectivity index (χ0) is 22.9. The van der Waals surface area contributed by atoms with Crippen molar-refractivity contribution in [2.75, 3.05) is 23.3 Å². The highest BCUT2D eigenvalue weighted by Gasteiger charge is 2.23. The maximum absolute atomic E-state index is 12.9. The van der Waals surface area contributed by atoms with Gasteiger partial charge in [0.25, 0.3) is 11.6 Å². The van der Waals surface area contributed by atoms with Gasteiger partial charge in [0.2, 0.25) is 4.96 Å². The summed E-state index contributed by atoms with van der Waals surface area (Å²) in [6.07, 6.45) is 3.15. The quantitative estimate of drug-likeness (QED) is 0.346. The van der Waals surface area contributed by atoms with E-state index in [2.05, 4.69) is 20.6 Å². The van der Waals surface area contributed by atoms with Gasteiger partial charge in [0.15, 0.2) is 5.82 Å². The molecule has 0 unspecified atom stereocenters. The number of nitrogens with one attached hydrogen (secondary N) is 1. The van der Waals surface area contributed by atoms with E-state index in [1.54, 1.807) is 22.7 Å². The molecule has 0 aliphatic carbocycles. The van der Waals surface area contributed by atoms with Gasteiger partial charge in [-0.25, -0.2) is 0 Å². The topological polar surface area (TPSA) is 119 Å². The molecule has 0 saturated carbocycles. The van der Waals surface area contributed by atoms with Crippen LogP contribution in [0.5, 0.6) is 0 Å². The largest absolute Gasteiger partial charge is 0.366 e. The van der Waals surface area contributed by atoms with Gasteiger partial charge in [-0.15, -0.1) is 10.2 Å². The van der Waals surface area contributed by atoms with Gasteiger partial charge in [0.1, 0.15) is 10.7 Å². The van der Waals surface area contributed by atoms with Crippen molar-refractivity contribution in [2.45, 2.75) is 26.2 Å². The van der Waals surface area contributed by atoms with Gasteiger partial charge in [-0.05, 0) is 50.5 Å². The summed E-state index contributed by atoms with van der Waals surface area (Å²) in [5.74, 6) is 0.293. The highest BCUT2D eigenvalue weighted by Crippen LogP contribution is 2.32. The number of benzene rings is 2. The maximum Gasteiger partial charge on any atom is 0.293 e. The molecular formula is C22H21N7O3S. The molecule has 1 fully saturated rings. The van der Waals surface area contributed by atoms with Crippen molar-refractivity contribution in [1.29, 1.82) is 0 Å². The zero-order valence-corrected chi connectivity index (χ0v) is 18.7. The summed E-state index contributed by atoms with van der Waals surface area (Å²) in [7, 11) is 0. The molecule has 11 heteroatoms. The first-order valence-corrected chi connectivity index (χ1v) is 11.5. The van der Waals surface area contributed by atoms with Crippen molar-refractivity contribution in [1.82, 2.24) is 19.8 Å². The van der Waals surface area contributed by atoms with Gasteiger partial charge in [-0.1, -0.05) is 23.5 Å². The van der Waals surface area contributed by atoms with Crippen LogP contribution in [0.2, 0.25) is 0 Å². The van der Waals surface area contributed by atoms with Crippen molar-refractivity contribution in [3.63, 3.8) is 0 Å². The van der Waals surface area contributed by atoms with Crippen LogP contribution in [0.1, 0.15) is 35.4 Å².